The van der Waals surface area contributed by atoms with Crippen molar-refractivity contribution in [3.63, 3.8) is 0 Å². The summed E-state index contributed by atoms with van der Waals surface area (Å²) in [6, 6.07) is 12.5. The average Bonchev–Trinajstić information content (AvgIpc) is 2.41. The zero-order chi connectivity index (χ0) is 13.5. The summed E-state index contributed by atoms with van der Waals surface area (Å²) < 4.78 is 0. The maximum Gasteiger partial charge on any atom is 0.200 e. The van der Waals surface area contributed by atoms with Crippen LogP contribution < -0.4 is 0 Å². The summed E-state index contributed by atoms with van der Waals surface area (Å²) in [6.07, 6.45) is 0. The van der Waals surface area contributed by atoms with Crippen LogP contribution >= 0.6 is 0 Å². The second kappa shape index (κ2) is 6.25. The molecule has 0 aliphatic carbocycles. The molecule has 0 unspecified atom stereocenters. The Morgan fingerprint density at radius 3 is 1.44 bits per heavy atom. The van der Waals surface area contributed by atoms with Crippen molar-refractivity contribution in [1.82, 2.24) is 0 Å². The Bertz CT molecular complexity index is 499. The minimum atomic E-state index is -0.392. The first kappa shape index (κ1) is 13.5. The molecule has 3 nitrogen and oxygen atoms in total. The fourth-order valence-corrected chi connectivity index (χ4v) is 1.48. The summed E-state index contributed by atoms with van der Waals surface area (Å²) in [6.45, 7) is 6.00. The van der Waals surface area contributed by atoms with Crippen molar-refractivity contribution in [1.29, 1.82) is 0 Å². The lowest BCUT2D eigenvalue weighted by molar-refractivity contribution is 0.103. The van der Waals surface area contributed by atoms with Gasteiger partial charge in [-0.25, -0.2) is 0 Å². The van der Waals surface area contributed by atoms with Gasteiger partial charge in [-0.1, -0.05) is 24.3 Å². The minimum absolute atomic E-state index is 0.0873. The Morgan fingerprint density at radius 2 is 1.11 bits per heavy atom. The molecule has 0 radical (unpaired) electrons. The molecule has 0 heterocycles. The molecule has 0 aliphatic rings. The van der Waals surface area contributed by atoms with Crippen LogP contribution in [0.2, 0.25) is 0 Å². The van der Waals surface area contributed by atoms with Gasteiger partial charge >= 0.3 is 0 Å². The van der Waals surface area contributed by atoms with E-state index >= 15 is 0 Å². The topological polar surface area (TPSA) is 57.5 Å². The molecule has 0 spiro atoms. The summed E-state index contributed by atoms with van der Waals surface area (Å²) >= 11 is 0. The van der Waals surface area contributed by atoms with Crippen molar-refractivity contribution in [2.24, 2.45) is 0 Å². The number of hydrogen-bond donors (Lipinski definition) is 2. The Morgan fingerprint density at radius 1 is 0.778 bits per heavy atom. The molecule has 3 heteroatoms. The van der Waals surface area contributed by atoms with Crippen molar-refractivity contribution < 1.29 is 15.0 Å². The molecule has 0 saturated carbocycles. The number of hydrogen-bond acceptors (Lipinski definition) is 3. The van der Waals surface area contributed by atoms with E-state index in [0.29, 0.717) is 0 Å². The van der Waals surface area contributed by atoms with Crippen molar-refractivity contribution >= 4 is 5.78 Å². The van der Waals surface area contributed by atoms with Crippen molar-refractivity contribution in [3.8, 4) is 11.5 Å². The molecule has 0 amide bonds. The van der Waals surface area contributed by atoms with E-state index < -0.39 is 5.78 Å². The van der Waals surface area contributed by atoms with Gasteiger partial charge in [0.1, 0.15) is 11.5 Å². The largest absolute Gasteiger partial charge is 0.507 e. The predicted octanol–water partition coefficient (Wildman–Crippen LogP) is 3.13. The standard InChI is InChI=1S/C13H10O3.C2H4/c14-11-7-3-1-5-9(11)13(16)10-6-2-4-8-12(10)15;1-2/h1-8,14-15H;1-2H2. The zero-order valence-corrected chi connectivity index (χ0v) is 9.84. The van der Waals surface area contributed by atoms with E-state index in [2.05, 4.69) is 13.2 Å². The lowest BCUT2D eigenvalue weighted by Gasteiger charge is -2.04. The summed E-state index contributed by atoms with van der Waals surface area (Å²) in [5.41, 5.74) is 0.369. The van der Waals surface area contributed by atoms with Crippen LogP contribution in [0.3, 0.4) is 0 Å². The molecule has 2 rings (SSSR count). The number of aromatic hydroxyl groups is 2. The second-order valence-corrected chi connectivity index (χ2v) is 3.36. The van der Waals surface area contributed by atoms with Crippen LogP contribution in [-0.4, -0.2) is 16.0 Å². The van der Waals surface area contributed by atoms with Crippen molar-refractivity contribution in [3.05, 3.63) is 72.8 Å². The van der Waals surface area contributed by atoms with Crippen molar-refractivity contribution in [2.45, 2.75) is 0 Å². The normalized spacial score (nSPS) is 9.11. The molecule has 0 atom stereocenters. The van der Waals surface area contributed by atoms with Crippen LogP contribution in [-0.2, 0) is 0 Å². The molecule has 0 aliphatic heterocycles. The zero-order valence-electron chi connectivity index (χ0n) is 9.84. The predicted molar refractivity (Wildman–Crippen MR) is 70.9 cm³/mol. The lowest BCUT2D eigenvalue weighted by atomic mass is 10.0. The third kappa shape index (κ3) is 2.77. The molecule has 18 heavy (non-hydrogen) atoms. The van der Waals surface area contributed by atoms with Crippen LogP contribution in [0.15, 0.2) is 61.7 Å². The van der Waals surface area contributed by atoms with E-state index in [0.717, 1.165) is 0 Å². The van der Waals surface area contributed by atoms with Gasteiger partial charge in [0.2, 0.25) is 0 Å². The molecule has 2 aromatic carbocycles. The fraction of sp³-hybridized carbons (Fsp3) is 0. The number of para-hydroxylation sites is 2. The number of phenols is 2. The molecule has 2 N–H and O–H groups in total. The van der Waals surface area contributed by atoms with Gasteiger partial charge in [-0.3, -0.25) is 4.79 Å². The number of carbonyl (C=O) groups excluding carboxylic acids is 1. The molecule has 2 aromatic rings. The minimum Gasteiger partial charge on any atom is -0.507 e. The van der Waals surface area contributed by atoms with Gasteiger partial charge in [-0.2, -0.15) is 0 Å². The van der Waals surface area contributed by atoms with Gasteiger partial charge in [0.15, 0.2) is 5.78 Å². The van der Waals surface area contributed by atoms with Crippen LogP contribution in [0, 0.1) is 0 Å². The van der Waals surface area contributed by atoms with Crippen molar-refractivity contribution in [2.75, 3.05) is 0 Å². The summed E-state index contributed by atoms with van der Waals surface area (Å²) in [5.74, 6) is -0.567. The maximum absolute atomic E-state index is 12.0. The smallest absolute Gasteiger partial charge is 0.200 e. The lowest BCUT2D eigenvalue weighted by Crippen LogP contribution is -2.01. The van der Waals surface area contributed by atoms with Gasteiger partial charge < -0.3 is 10.2 Å². The van der Waals surface area contributed by atoms with Crippen LogP contribution in [0.25, 0.3) is 0 Å². The molecule has 0 saturated heterocycles. The number of rotatable bonds is 2. The van der Waals surface area contributed by atoms with E-state index in [1.807, 2.05) is 0 Å². The molecule has 0 fully saturated rings. The quantitative estimate of drug-likeness (QED) is 0.628. The van der Waals surface area contributed by atoms with Crippen LogP contribution in [0.4, 0.5) is 0 Å². The van der Waals surface area contributed by atoms with Crippen LogP contribution in [0.1, 0.15) is 15.9 Å². The van der Waals surface area contributed by atoms with Gasteiger partial charge in [-0.05, 0) is 24.3 Å². The Balaban J connectivity index is 0.000000771. The third-order valence-electron chi connectivity index (χ3n) is 2.30. The number of benzene rings is 2. The van der Waals surface area contributed by atoms with Gasteiger partial charge in [0.25, 0.3) is 0 Å². The van der Waals surface area contributed by atoms with Gasteiger partial charge in [-0.15, -0.1) is 13.2 Å². The third-order valence-corrected chi connectivity index (χ3v) is 2.30. The first-order valence-electron chi connectivity index (χ1n) is 5.31. The fourth-order valence-electron chi connectivity index (χ4n) is 1.48. The van der Waals surface area contributed by atoms with Crippen LogP contribution in [0.5, 0.6) is 11.5 Å². The SMILES string of the molecule is C=C.O=C(c1ccccc1O)c1ccccc1O. The highest BCUT2D eigenvalue weighted by atomic mass is 16.3. The Kier molecular flexibility index (Phi) is 4.69. The molecule has 0 bridgehead atoms. The number of carbonyl (C=O) groups is 1. The van der Waals surface area contributed by atoms with Gasteiger partial charge in [0.05, 0.1) is 11.1 Å². The highest BCUT2D eigenvalue weighted by Crippen LogP contribution is 2.24. The van der Waals surface area contributed by atoms with E-state index in [4.69, 9.17) is 0 Å². The highest BCUT2D eigenvalue weighted by Gasteiger charge is 2.15. The Labute approximate surface area is 106 Å². The Hall–Kier alpha value is -2.55. The monoisotopic (exact) mass is 242 g/mol. The maximum atomic E-state index is 12.0. The van der Waals surface area contributed by atoms with E-state index in [-0.39, 0.29) is 22.6 Å². The first-order chi connectivity index (χ1) is 8.70. The van der Waals surface area contributed by atoms with Gasteiger partial charge in [0, 0.05) is 0 Å². The average molecular weight is 242 g/mol. The van der Waals surface area contributed by atoms with E-state index in [1.54, 1.807) is 24.3 Å². The molecule has 0 aromatic heterocycles. The first-order valence-corrected chi connectivity index (χ1v) is 5.31. The van der Waals surface area contributed by atoms with E-state index in [9.17, 15) is 15.0 Å². The molecular weight excluding hydrogens is 228 g/mol. The highest BCUT2D eigenvalue weighted by molar-refractivity contribution is 6.12. The summed E-state index contributed by atoms with van der Waals surface area (Å²) in [5, 5.41) is 19.1. The second-order valence-electron chi connectivity index (χ2n) is 3.36. The number of phenolic OH excluding ortho intramolecular Hbond substituents is 2. The molecular formula is C15H14O3. The summed E-state index contributed by atoms with van der Waals surface area (Å²) in [4.78, 5) is 12.0. The summed E-state index contributed by atoms with van der Waals surface area (Å²) in [7, 11) is 0. The number of ketones is 1. The van der Waals surface area contributed by atoms with E-state index in [1.165, 1.54) is 24.3 Å². The molecule has 92 valence electrons.